The monoisotopic (exact) mass is 459 g/mol. The molecular formula is C27H29N3O4. The fraction of sp³-hybridized carbons (Fsp3) is 0.259. The van der Waals surface area contributed by atoms with Gasteiger partial charge in [0.15, 0.2) is 0 Å². The molecule has 2 atom stereocenters. The Labute approximate surface area is 199 Å². The van der Waals surface area contributed by atoms with E-state index in [1.54, 1.807) is 42.5 Å². The number of anilines is 2. The third-order valence-electron chi connectivity index (χ3n) is 5.65. The number of para-hydroxylation sites is 1. The summed E-state index contributed by atoms with van der Waals surface area (Å²) in [6, 6.07) is 21.8. The van der Waals surface area contributed by atoms with Crippen LogP contribution in [-0.2, 0) is 11.3 Å². The van der Waals surface area contributed by atoms with Crippen LogP contribution in [-0.4, -0.2) is 37.1 Å². The number of benzene rings is 3. The molecule has 34 heavy (non-hydrogen) atoms. The Kier molecular flexibility index (Phi) is 7.13. The first-order valence-corrected chi connectivity index (χ1v) is 11.3. The van der Waals surface area contributed by atoms with Crippen molar-refractivity contribution in [2.24, 2.45) is 5.73 Å². The maximum absolute atomic E-state index is 12.8. The minimum Gasteiger partial charge on any atom is -0.488 e. The third-order valence-corrected chi connectivity index (χ3v) is 5.65. The van der Waals surface area contributed by atoms with Crippen molar-refractivity contribution in [3.8, 4) is 5.75 Å². The third kappa shape index (κ3) is 5.74. The second-order valence-corrected chi connectivity index (χ2v) is 8.51. The minimum absolute atomic E-state index is 0.184. The van der Waals surface area contributed by atoms with Gasteiger partial charge in [-0.2, -0.15) is 0 Å². The topological polar surface area (TPSA) is 93.9 Å². The molecule has 3 aromatic rings. The number of primary amides is 1. The van der Waals surface area contributed by atoms with Crippen LogP contribution < -0.4 is 20.7 Å². The average Bonchev–Trinajstić information content (AvgIpc) is 2.83. The molecule has 2 unspecified atom stereocenters. The van der Waals surface area contributed by atoms with Crippen molar-refractivity contribution in [3.63, 3.8) is 0 Å². The highest BCUT2D eigenvalue weighted by Crippen LogP contribution is 2.23. The molecule has 1 saturated heterocycles. The van der Waals surface area contributed by atoms with E-state index in [4.69, 9.17) is 15.2 Å². The molecule has 0 bridgehead atoms. The molecule has 0 aliphatic carbocycles. The van der Waals surface area contributed by atoms with E-state index in [9.17, 15) is 9.59 Å². The fourth-order valence-electron chi connectivity index (χ4n) is 4.11. The van der Waals surface area contributed by atoms with Gasteiger partial charge in [0.05, 0.1) is 17.8 Å². The molecule has 1 heterocycles. The van der Waals surface area contributed by atoms with Crippen LogP contribution in [0.2, 0.25) is 0 Å². The number of nitrogens with zero attached hydrogens (tertiary/aromatic N) is 1. The van der Waals surface area contributed by atoms with E-state index in [0.29, 0.717) is 16.9 Å². The molecule has 3 N–H and O–H groups in total. The standard InChI is InChI=1S/C27H29N3O4/c1-18-15-30(16-19(2)34-18)23-12-10-22(11-13-23)29-27(32)21-7-5-6-20(14-21)17-33-25-9-4-3-8-24(25)26(28)31/h3-14,18-19H,15-17H2,1-2H3,(H2,28,31)(H,29,32). The van der Waals surface area contributed by atoms with E-state index in [0.717, 1.165) is 30.0 Å². The highest BCUT2D eigenvalue weighted by atomic mass is 16.5. The van der Waals surface area contributed by atoms with Crippen molar-refractivity contribution >= 4 is 23.2 Å². The maximum atomic E-state index is 12.8. The molecular weight excluding hydrogens is 430 g/mol. The van der Waals surface area contributed by atoms with Crippen LogP contribution in [0.4, 0.5) is 11.4 Å². The first-order valence-electron chi connectivity index (χ1n) is 11.3. The second-order valence-electron chi connectivity index (χ2n) is 8.51. The summed E-state index contributed by atoms with van der Waals surface area (Å²) in [5.41, 5.74) is 8.88. The van der Waals surface area contributed by atoms with E-state index in [2.05, 4.69) is 24.1 Å². The van der Waals surface area contributed by atoms with E-state index >= 15 is 0 Å². The predicted molar refractivity (Wildman–Crippen MR) is 132 cm³/mol. The van der Waals surface area contributed by atoms with Gasteiger partial charge in [0.25, 0.3) is 11.8 Å². The lowest BCUT2D eigenvalue weighted by atomic mass is 10.1. The average molecular weight is 460 g/mol. The van der Waals surface area contributed by atoms with Crippen LogP contribution >= 0.6 is 0 Å². The van der Waals surface area contributed by atoms with Crippen LogP contribution in [0.5, 0.6) is 5.75 Å². The normalized spacial score (nSPS) is 17.8. The molecule has 0 radical (unpaired) electrons. The largest absolute Gasteiger partial charge is 0.488 e. The summed E-state index contributed by atoms with van der Waals surface area (Å²) in [5.74, 6) is -0.345. The molecule has 1 aliphatic heterocycles. The van der Waals surface area contributed by atoms with Crippen molar-refractivity contribution in [1.29, 1.82) is 0 Å². The molecule has 0 spiro atoms. The van der Waals surface area contributed by atoms with Crippen LogP contribution in [0.25, 0.3) is 0 Å². The number of rotatable bonds is 7. The Morgan fingerprint density at radius 1 is 1.00 bits per heavy atom. The molecule has 4 rings (SSSR count). The highest BCUT2D eigenvalue weighted by molar-refractivity contribution is 6.04. The van der Waals surface area contributed by atoms with Crippen LogP contribution in [0.1, 0.15) is 40.1 Å². The van der Waals surface area contributed by atoms with Crippen molar-refractivity contribution in [2.75, 3.05) is 23.3 Å². The summed E-state index contributed by atoms with van der Waals surface area (Å²) < 4.78 is 11.6. The van der Waals surface area contributed by atoms with Gasteiger partial charge in [-0.3, -0.25) is 9.59 Å². The Bertz CT molecular complexity index is 1150. The Morgan fingerprint density at radius 3 is 2.41 bits per heavy atom. The molecule has 1 aliphatic rings. The number of carbonyl (C=O) groups excluding carboxylic acids is 2. The zero-order valence-electron chi connectivity index (χ0n) is 19.4. The summed E-state index contributed by atoms with van der Waals surface area (Å²) >= 11 is 0. The number of morpholine rings is 1. The number of hydrogen-bond donors (Lipinski definition) is 2. The van der Waals surface area contributed by atoms with Crippen LogP contribution in [0.15, 0.2) is 72.8 Å². The maximum Gasteiger partial charge on any atom is 0.255 e. The Morgan fingerprint density at radius 2 is 1.71 bits per heavy atom. The zero-order valence-corrected chi connectivity index (χ0v) is 19.4. The first-order chi connectivity index (χ1) is 16.4. The van der Waals surface area contributed by atoms with Crippen molar-refractivity contribution < 1.29 is 19.1 Å². The number of amides is 2. The minimum atomic E-state index is -0.549. The van der Waals surface area contributed by atoms with Gasteiger partial charge in [0.2, 0.25) is 0 Å². The molecule has 0 aromatic heterocycles. The quantitative estimate of drug-likeness (QED) is 0.551. The van der Waals surface area contributed by atoms with Crippen molar-refractivity contribution in [2.45, 2.75) is 32.7 Å². The fourth-order valence-corrected chi connectivity index (χ4v) is 4.11. The van der Waals surface area contributed by atoms with Gasteiger partial charge < -0.3 is 25.4 Å². The van der Waals surface area contributed by atoms with E-state index in [1.807, 2.05) is 30.3 Å². The van der Waals surface area contributed by atoms with E-state index in [1.165, 1.54) is 0 Å². The van der Waals surface area contributed by atoms with Gasteiger partial charge in [-0.15, -0.1) is 0 Å². The predicted octanol–water partition coefficient (Wildman–Crippen LogP) is 4.23. The molecule has 176 valence electrons. The van der Waals surface area contributed by atoms with Gasteiger partial charge in [-0.05, 0) is 67.9 Å². The smallest absolute Gasteiger partial charge is 0.255 e. The second kappa shape index (κ2) is 10.4. The van der Waals surface area contributed by atoms with E-state index in [-0.39, 0.29) is 24.7 Å². The van der Waals surface area contributed by atoms with Gasteiger partial charge in [0.1, 0.15) is 12.4 Å². The molecule has 7 heteroatoms. The van der Waals surface area contributed by atoms with E-state index < -0.39 is 5.91 Å². The number of carbonyl (C=O) groups is 2. The molecule has 0 saturated carbocycles. The SMILES string of the molecule is CC1CN(c2ccc(NC(=O)c3cccc(COc4ccccc4C(N)=O)c3)cc2)CC(C)O1. The number of hydrogen-bond acceptors (Lipinski definition) is 5. The summed E-state index contributed by atoms with van der Waals surface area (Å²) in [4.78, 5) is 26.7. The summed E-state index contributed by atoms with van der Waals surface area (Å²) in [5, 5.41) is 2.95. The summed E-state index contributed by atoms with van der Waals surface area (Å²) in [6.45, 7) is 6.04. The van der Waals surface area contributed by atoms with Crippen LogP contribution in [0.3, 0.4) is 0 Å². The molecule has 7 nitrogen and oxygen atoms in total. The lowest BCUT2D eigenvalue weighted by Crippen LogP contribution is -2.45. The van der Waals surface area contributed by atoms with Crippen LogP contribution in [0, 0.1) is 0 Å². The lowest BCUT2D eigenvalue weighted by molar-refractivity contribution is -0.00521. The zero-order chi connectivity index (χ0) is 24.1. The first kappa shape index (κ1) is 23.3. The summed E-state index contributed by atoms with van der Waals surface area (Å²) in [6.07, 6.45) is 0.368. The van der Waals surface area contributed by atoms with Gasteiger partial charge >= 0.3 is 0 Å². The number of nitrogens with two attached hydrogens (primary N) is 1. The number of ether oxygens (including phenoxy) is 2. The van der Waals surface area contributed by atoms with Gasteiger partial charge in [0, 0.05) is 30.0 Å². The Hall–Kier alpha value is -3.84. The lowest BCUT2D eigenvalue weighted by Gasteiger charge is -2.36. The van der Waals surface area contributed by atoms with Gasteiger partial charge in [-0.1, -0.05) is 24.3 Å². The molecule has 2 amide bonds. The molecule has 3 aromatic carbocycles. The Balaban J connectivity index is 1.38. The van der Waals surface area contributed by atoms with Crippen molar-refractivity contribution in [3.05, 3.63) is 89.5 Å². The van der Waals surface area contributed by atoms with Crippen molar-refractivity contribution in [1.82, 2.24) is 0 Å². The molecule has 1 fully saturated rings. The highest BCUT2D eigenvalue weighted by Gasteiger charge is 2.22. The number of nitrogens with one attached hydrogen (secondary N) is 1. The summed E-state index contributed by atoms with van der Waals surface area (Å²) in [7, 11) is 0. The van der Waals surface area contributed by atoms with Gasteiger partial charge in [-0.25, -0.2) is 0 Å².